The summed E-state index contributed by atoms with van der Waals surface area (Å²) in [6.07, 6.45) is -1.28. The van der Waals surface area contributed by atoms with E-state index in [9.17, 15) is 24.2 Å². The second-order valence-corrected chi connectivity index (χ2v) is 3.99. The van der Waals surface area contributed by atoms with Crippen molar-refractivity contribution >= 4 is 0 Å². The van der Waals surface area contributed by atoms with Crippen LogP contribution < -0.4 is 11.2 Å². The van der Waals surface area contributed by atoms with Crippen molar-refractivity contribution in [3.8, 4) is 0 Å². The van der Waals surface area contributed by atoms with E-state index in [-0.39, 0.29) is 0 Å². The van der Waals surface area contributed by atoms with Gasteiger partial charge in [-0.3, -0.25) is 14.3 Å². The summed E-state index contributed by atoms with van der Waals surface area (Å²) < 4.78 is 18.8. The Morgan fingerprint density at radius 3 is 2.78 bits per heavy atom. The third-order valence-electron chi connectivity index (χ3n) is 2.83. The molecule has 1 aliphatic rings. The fourth-order valence-electron chi connectivity index (χ4n) is 1.78. The summed E-state index contributed by atoms with van der Waals surface area (Å²) in [6.45, 7) is -1.94. The maximum atomic E-state index is 13.8. The molecular weight excluding hydrogens is 251 g/mol. The number of aliphatic hydroxyl groups excluding tert-OH is 2. The molecule has 2 heterocycles. The van der Waals surface area contributed by atoms with Crippen LogP contribution in [0.4, 0.5) is 4.39 Å². The number of rotatable bonds is 2. The highest BCUT2D eigenvalue weighted by atomic mass is 19.2. The molecule has 0 saturated carbocycles. The van der Waals surface area contributed by atoms with Gasteiger partial charge in [0.15, 0.2) is 6.10 Å². The van der Waals surface area contributed by atoms with E-state index in [2.05, 4.69) is 4.74 Å². The van der Waals surface area contributed by atoms with Crippen LogP contribution in [0.3, 0.4) is 0 Å². The zero-order valence-electron chi connectivity index (χ0n) is 9.04. The van der Waals surface area contributed by atoms with Gasteiger partial charge in [-0.25, -0.2) is 9.18 Å². The van der Waals surface area contributed by atoms with E-state index in [0.29, 0.717) is 4.57 Å². The summed E-state index contributed by atoms with van der Waals surface area (Å²) >= 11 is 0. The summed E-state index contributed by atoms with van der Waals surface area (Å²) in [4.78, 5) is 24.2. The van der Waals surface area contributed by atoms with E-state index in [1.54, 1.807) is 0 Å². The zero-order valence-corrected chi connectivity index (χ0v) is 9.04. The molecule has 18 heavy (non-hydrogen) atoms. The molecule has 0 spiro atoms. The summed E-state index contributed by atoms with van der Waals surface area (Å²) in [6, 6.07) is 0.920. The molecule has 0 amide bonds. The Bertz CT molecular complexity index is 571. The molecule has 0 aromatic carbocycles. The minimum absolute atomic E-state index is 0.538. The van der Waals surface area contributed by atoms with Gasteiger partial charge in [0.25, 0.3) is 11.4 Å². The Balaban J connectivity index is 2.51. The van der Waals surface area contributed by atoms with E-state index >= 15 is 0 Å². The quantitative estimate of drug-likeness (QED) is 0.457. The van der Waals surface area contributed by atoms with Gasteiger partial charge in [0, 0.05) is 12.3 Å². The minimum Gasteiger partial charge on any atom is -0.390 e. The lowest BCUT2D eigenvalue weighted by Crippen LogP contribution is -2.55. The lowest BCUT2D eigenvalue weighted by molar-refractivity contribution is -0.195. The third-order valence-corrected chi connectivity index (χ3v) is 2.83. The van der Waals surface area contributed by atoms with Crippen molar-refractivity contribution in [1.82, 2.24) is 9.55 Å². The molecule has 0 radical (unpaired) electrons. The number of H-pyrrole nitrogens is 1. The molecular formula is C9H11FN2O6. The minimum atomic E-state index is -2.87. The fraction of sp³-hybridized carbons (Fsp3) is 0.556. The molecule has 0 unspecified atom stereocenters. The Labute approximate surface area is 98.9 Å². The number of hydrogen-bond acceptors (Lipinski definition) is 6. The average molecular weight is 262 g/mol. The normalized spacial score (nSPS) is 35.9. The molecule has 2 rings (SSSR count). The number of aromatic amines is 1. The van der Waals surface area contributed by atoms with Crippen LogP contribution in [0.15, 0.2) is 21.9 Å². The van der Waals surface area contributed by atoms with Crippen LogP contribution >= 0.6 is 0 Å². The predicted octanol–water partition coefficient (Wildman–Crippen LogP) is -2.77. The highest BCUT2D eigenvalue weighted by Gasteiger charge is 2.60. The zero-order chi connectivity index (χ0) is 13.6. The van der Waals surface area contributed by atoms with Crippen LogP contribution in [0.1, 0.15) is 0 Å². The van der Waals surface area contributed by atoms with Crippen LogP contribution in [-0.4, -0.2) is 50.0 Å². The molecule has 8 nitrogen and oxygen atoms in total. The third kappa shape index (κ3) is 1.68. The van der Waals surface area contributed by atoms with E-state index in [4.69, 9.17) is 5.11 Å². The van der Waals surface area contributed by atoms with Crippen molar-refractivity contribution in [2.75, 3.05) is 13.2 Å². The lowest BCUT2D eigenvalue weighted by atomic mass is 10.0. The van der Waals surface area contributed by atoms with Crippen LogP contribution in [0.25, 0.3) is 0 Å². The van der Waals surface area contributed by atoms with Crippen molar-refractivity contribution in [2.45, 2.75) is 17.7 Å². The van der Waals surface area contributed by atoms with Gasteiger partial charge in [-0.1, -0.05) is 0 Å². The first-order valence-electron chi connectivity index (χ1n) is 5.00. The summed E-state index contributed by atoms with van der Waals surface area (Å²) in [5, 5.41) is 28.5. The molecule has 0 aliphatic carbocycles. The van der Waals surface area contributed by atoms with Gasteiger partial charge in [-0.15, -0.1) is 0 Å². The van der Waals surface area contributed by atoms with Gasteiger partial charge >= 0.3 is 5.69 Å². The maximum absolute atomic E-state index is 13.8. The second-order valence-electron chi connectivity index (χ2n) is 3.99. The van der Waals surface area contributed by atoms with Gasteiger partial charge in [0.2, 0.25) is 5.72 Å². The van der Waals surface area contributed by atoms with Gasteiger partial charge in [0.1, 0.15) is 13.2 Å². The monoisotopic (exact) mass is 262 g/mol. The molecule has 1 aromatic rings. The molecule has 100 valence electrons. The number of ether oxygens (including phenoxy) is 1. The van der Waals surface area contributed by atoms with Crippen molar-refractivity contribution in [3.63, 3.8) is 0 Å². The molecule has 0 bridgehead atoms. The molecule has 9 heteroatoms. The smallest absolute Gasteiger partial charge is 0.330 e. The van der Waals surface area contributed by atoms with Crippen molar-refractivity contribution in [1.29, 1.82) is 0 Å². The maximum Gasteiger partial charge on any atom is 0.330 e. The topological polar surface area (TPSA) is 125 Å². The number of halogens is 1. The Morgan fingerprint density at radius 2 is 2.28 bits per heavy atom. The Kier molecular flexibility index (Phi) is 2.86. The Hall–Kier alpha value is -1.55. The predicted molar refractivity (Wildman–Crippen MR) is 54.4 cm³/mol. The molecule has 1 saturated heterocycles. The van der Waals surface area contributed by atoms with Gasteiger partial charge in [0.05, 0.1) is 0 Å². The van der Waals surface area contributed by atoms with Gasteiger partial charge in [-0.05, 0) is 0 Å². The van der Waals surface area contributed by atoms with Crippen LogP contribution in [0.2, 0.25) is 0 Å². The molecule has 4 N–H and O–H groups in total. The van der Waals surface area contributed by atoms with E-state index in [1.807, 2.05) is 4.98 Å². The fourth-order valence-corrected chi connectivity index (χ4v) is 1.78. The SMILES string of the molecule is O=c1ccn([C@]2(O)CO[C@](F)(CO)[C@H]2O)c(=O)[nH]1. The van der Waals surface area contributed by atoms with Crippen molar-refractivity contribution < 1.29 is 24.4 Å². The van der Waals surface area contributed by atoms with Crippen molar-refractivity contribution in [2.24, 2.45) is 0 Å². The molecule has 1 aliphatic heterocycles. The van der Waals surface area contributed by atoms with E-state index in [1.165, 1.54) is 0 Å². The summed E-state index contributed by atoms with van der Waals surface area (Å²) in [5.41, 5.74) is -4.14. The first-order chi connectivity index (χ1) is 8.33. The highest BCUT2D eigenvalue weighted by molar-refractivity contribution is 5.01. The summed E-state index contributed by atoms with van der Waals surface area (Å²) in [7, 11) is 0. The average Bonchev–Trinajstić information content (AvgIpc) is 2.56. The van der Waals surface area contributed by atoms with Gasteiger partial charge < -0.3 is 20.1 Å². The first kappa shape index (κ1) is 12.9. The Morgan fingerprint density at radius 1 is 1.61 bits per heavy atom. The number of hydrogen-bond donors (Lipinski definition) is 4. The van der Waals surface area contributed by atoms with Crippen LogP contribution in [-0.2, 0) is 10.5 Å². The molecule has 1 fully saturated rings. The van der Waals surface area contributed by atoms with E-state index in [0.717, 1.165) is 12.3 Å². The summed E-state index contributed by atoms with van der Waals surface area (Å²) in [5.74, 6) is -2.87. The molecule has 1 aromatic heterocycles. The number of nitrogens with one attached hydrogen (secondary N) is 1. The van der Waals surface area contributed by atoms with Crippen LogP contribution in [0.5, 0.6) is 0 Å². The first-order valence-corrected chi connectivity index (χ1v) is 5.00. The number of nitrogens with zero attached hydrogens (tertiary/aromatic N) is 1. The molecule has 3 atom stereocenters. The van der Waals surface area contributed by atoms with Crippen molar-refractivity contribution in [3.05, 3.63) is 33.1 Å². The number of aromatic nitrogens is 2. The lowest BCUT2D eigenvalue weighted by Gasteiger charge is -2.29. The largest absolute Gasteiger partial charge is 0.390 e. The second kappa shape index (κ2) is 3.99. The van der Waals surface area contributed by atoms with Gasteiger partial charge in [-0.2, -0.15) is 0 Å². The van der Waals surface area contributed by atoms with E-state index < -0.39 is 42.1 Å². The number of alkyl halides is 1. The van der Waals surface area contributed by atoms with Crippen LogP contribution in [0, 0.1) is 0 Å². The standard InChI is InChI=1S/C9H11FN2O6/c10-8(3-13)6(15)9(17,4-18-8)12-2-1-5(14)11-7(12)16/h1-2,6,13,15,17H,3-4H2,(H,11,14,16)/t6-,8-,9+/m1/s1. The highest BCUT2D eigenvalue weighted by Crippen LogP contribution is 2.36. The number of aliphatic hydroxyl groups is 3.